The zero-order valence-corrected chi connectivity index (χ0v) is 23.1. The van der Waals surface area contributed by atoms with E-state index in [2.05, 4.69) is 55.7 Å². The molecule has 10 nitrogen and oxygen atoms in total. The zero-order valence-electron chi connectivity index (χ0n) is 23.1. The van der Waals surface area contributed by atoms with Crippen molar-refractivity contribution in [3.05, 3.63) is 75.8 Å². The lowest BCUT2D eigenvalue weighted by molar-refractivity contribution is 0.0892. The molecular formula is C30H36N6O4. The molecule has 40 heavy (non-hydrogen) atoms. The van der Waals surface area contributed by atoms with Crippen molar-refractivity contribution in [3.8, 4) is 11.5 Å². The number of nitrogens with zero attached hydrogens (tertiary/aromatic N) is 5. The third-order valence-corrected chi connectivity index (χ3v) is 8.26. The number of rotatable bonds is 9. The molecule has 2 atom stereocenters. The number of benzene rings is 2. The summed E-state index contributed by atoms with van der Waals surface area (Å²) < 4.78 is 18.7. The maximum absolute atomic E-state index is 13.7. The number of piperidine rings is 1. The number of aromatic nitrogens is 5. The van der Waals surface area contributed by atoms with E-state index in [1.165, 1.54) is 5.56 Å². The molecule has 0 spiro atoms. The molecule has 1 N–H and O–H groups in total. The first-order valence-corrected chi connectivity index (χ1v) is 14.1. The molecule has 2 saturated heterocycles. The summed E-state index contributed by atoms with van der Waals surface area (Å²) in [6.45, 7) is 3.02. The molecule has 2 aromatic carbocycles. The van der Waals surface area contributed by atoms with Gasteiger partial charge in [-0.05, 0) is 79.2 Å². The van der Waals surface area contributed by atoms with E-state index in [0.29, 0.717) is 40.9 Å². The number of hydrogen-bond acceptors (Lipinski definition) is 8. The van der Waals surface area contributed by atoms with E-state index < -0.39 is 6.04 Å². The Bertz CT molecular complexity index is 1490. The van der Waals surface area contributed by atoms with Crippen molar-refractivity contribution in [2.45, 2.75) is 50.8 Å². The van der Waals surface area contributed by atoms with Crippen molar-refractivity contribution in [1.82, 2.24) is 30.1 Å². The van der Waals surface area contributed by atoms with Crippen molar-refractivity contribution in [2.24, 2.45) is 5.92 Å². The highest BCUT2D eigenvalue weighted by molar-refractivity contribution is 5.83. The molecule has 6 rings (SSSR count). The van der Waals surface area contributed by atoms with Crippen LogP contribution in [0.1, 0.15) is 48.7 Å². The molecular weight excluding hydrogens is 508 g/mol. The van der Waals surface area contributed by atoms with E-state index in [0.717, 1.165) is 57.2 Å². The number of fused-ring (bicyclic) bond motifs is 1. The fraction of sp³-hybridized carbons (Fsp3) is 0.467. The number of nitrogens with one attached hydrogen (secondary N) is 1. The van der Waals surface area contributed by atoms with Crippen LogP contribution in [-0.2, 0) is 17.7 Å². The highest BCUT2D eigenvalue weighted by atomic mass is 16.5. The summed E-state index contributed by atoms with van der Waals surface area (Å²) in [6.07, 6.45) is 5.23. The summed E-state index contributed by atoms with van der Waals surface area (Å²) in [6, 6.07) is 15.9. The van der Waals surface area contributed by atoms with Gasteiger partial charge in [-0.3, -0.25) is 9.69 Å². The molecule has 10 heteroatoms. The quantitative estimate of drug-likeness (QED) is 0.340. The van der Waals surface area contributed by atoms with E-state index in [1.54, 1.807) is 20.3 Å². The second-order valence-electron chi connectivity index (χ2n) is 10.8. The van der Waals surface area contributed by atoms with Gasteiger partial charge in [0.2, 0.25) is 0 Å². The monoisotopic (exact) mass is 544 g/mol. The number of aromatic amines is 1. The molecule has 0 bridgehead atoms. The standard InChI is InChI=1S/C30H36N6O4/c1-38-26-17-22-16-24(30(37)31-25(22)18-27(26)39-2)28(29-32-33-34-36(29)19-23-9-6-14-40-23)35-12-10-21(11-13-35)15-20-7-4-3-5-8-20/h3-5,7-8,16-18,21,23,28H,6,9-15,19H2,1-2H3,(H,31,37). The van der Waals surface area contributed by atoms with Gasteiger partial charge < -0.3 is 19.2 Å². The summed E-state index contributed by atoms with van der Waals surface area (Å²) in [7, 11) is 3.19. The molecule has 2 aliphatic heterocycles. The molecule has 0 amide bonds. The van der Waals surface area contributed by atoms with Crippen LogP contribution < -0.4 is 15.0 Å². The van der Waals surface area contributed by atoms with Gasteiger partial charge in [-0.25, -0.2) is 4.68 Å². The first-order valence-electron chi connectivity index (χ1n) is 14.1. The Hall–Kier alpha value is -3.76. The van der Waals surface area contributed by atoms with Gasteiger partial charge in [0, 0.05) is 23.6 Å². The fourth-order valence-electron chi connectivity index (χ4n) is 6.13. The Morgan fingerprint density at radius 1 is 1.05 bits per heavy atom. The maximum atomic E-state index is 13.7. The molecule has 2 aliphatic rings. The first-order chi connectivity index (χ1) is 19.6. The van der Waals surface area contributed by atoms with Gasteiger partial charge in [-0.2, -0.15) is 0 Å². The van der Waals surface area contributed by atoms with Crippen molar-refractivity contribution >= 4 is 10.9 Å². The van der Waals surface area contributed by atoms with Crippen LogP contribution in [0.4, 0.5) is 0 Å². The van der Waals surface area contributed by atoms with Crippen LogP contribution in [0.25, 0.3) is 10.9 Å². The summed E-state index contributed by atoms with van der Waals surface area (Å²) in [5, 5.41) is 13.7. The average Bonchev–Trinajstić information content (AvgIpc) is 3.67. The average molecular weight is 545 g/mol. The first kappa shape index (κ1) is 26.5. The van der Waals surface area contributed by atoms with Gasteiger partial charge in [0.15, 0.2) is 17.3 Å². The number of hydrogen-bond donors (Lipinski definition) is 1. The molecule has 2 fully saturated rings. The van der Waals surface area contributed by atoms with Crippen LogP contribution in [0.5, 0.6) is 11.5 Å². The van der Waals surface area contributed by atoms with Gasteiger partial charge in [0.05, 0.1) is 32.4 Å². The van der Waals surface area contributed by atoms with Gasteiger partial charge in [-0.15, -0.1) is 5.10 Å². The second kappa shape index (κ2) is 11.8. The SMILES string of the molecule is COc1cc2cc(C(c3nnnn3CC3CCCO3)N3CCC(Cc4ccccc4)CC3)c(=O)[nH]c2cc1OC. The molecule has 0 saturated carbocycles. The third-order valence-electron chi connectivity index (χ3n) is 8.26. The largest absolute Gasteiger partial charge is 0.493 e. The van der Waals surface area contributed by atoms with Crippen molar-refractivity contribution in [2.75, 3.05) is 33.9 Å². The molecule has 2 unspecified atom stereocenters. The number of pyridine rings is 1. The smallest absolute Gasteiger partial charge is 0.253 e. The van der Waals surface area contributed by atoms with E-state index in [9.17, 15) is 4.79 Å². The van der Waals surface area contributed by atoms with Crippen LogP contribution in [0.15, 0.2) is 53.3 Å². The third kappa shape index (κ3) is 5.46. The molecule has 0 aliphatic carbocycles. The Labute approximate surface area is 233 Å². The Morgan fingerprint density at radius 2 is 1.82 bits per heavy atom. The van der Waals surface area contributed by atoms with Crippen molar-refractivity contribution in [3.63, 3.8) is 0 Å². The van der Waals surface area contributed by atoms with E-state index in [4.69, 9.17) is 14.2 Å². The number of likely N-dealkylation sites (tertiary alicyclic amines) is 1. The summed E-state index contributed by atoms with van der Waals surface area (Å²) in [5.41, 5.74) is 2.51. The lowest BCUT2D eigenvalue weighted by atomic mass is 9.89. The van der Waals surface area contributed by atoms with Gasteiger partial charge >= 0.3 is 0 Å². The highest BCUT2D eigenvalue weighted by Crippen LogP contribution is 2.35. The summed E-state index contributed by atoms with van der Waals surface area (Å²) in [4.78, 5) is 19.1. The predicted octanol–water partition coefficient (Wildman–Crippen LogP) is 3.75. The summed E-state index contributed by atoms with van der Waals surface area (Å²) >= 11 is 0. The lowest BCUT2D eigenvalue weighted by Crippen LogP contribution is -2.41. The maximum Gasteiger partial charge on any atom is 0.253 e. The van der Waals surface area contributed by atoms with Crippen LogP contribution in [0, 0.1) is 5.92 Å². The minimum absolute atomic E-state index is 0.0751. The highest BCUT2D eigenvalue weighted by Gasteiger charge is 2.34. The molecule has 4 heterocycles. The Balaban J connectivity index is 1.35. The zero-order chi connectivity index (χ0) is 27.5. The fourth-order valence-corrected chi connectivity index (χ4v) is 6.13. The minimum Gasteiger partial charge on any atom is -0.493 e. The molecule has 2 aromatic heterocycles. The molecule has 4 aromatic rings. The number of H-pyrrole nitrogens is 1. The number of methoxy groups -OCH3 is 2. The van der Waals surface area contributed by atoms with Crippen molar-refractivity contribution < 1.29 is 14.2 Å². The van der Waals surface area contributed by atoms with E-state index in [-0.39, 0.29) is 11.7 Å². The molecule has 0 radical (unpaired) electrons. The number of tetrazole rings is 1. The topological polar surface area (TPSA) is 107 Å². The van der Waals surface area contributed by atoms with Crippen LogP contribution >= 0.6 is 0 Å². The van der Waals surface area contributed by atoms with Crippen molar-refractivity contribution in [1.29, 1.82) is 0 Å². The van der Waals surface area contributed by atoms with Gasteiger partial charge in [0.25, 0.3) is 5.56 Å². The van der Waals surface area contributed by atoms with Gasteiger partial charge in [-0.1, -0.05) is 30.3 Å². The van der Waals surface area contributed by atoms with Gasteiger partial charge in [0.1, 0.15) is 6.04 Å². The molecule has 210 valence electrons. The van der Waals surface area contributed by atoms with Crippen LogP contribution in [0.2, 0.25) is 0 Å². The normalized spacial score (nSPS) is 19.2. The van der Waals surface area contributed by atoms with E-state index >= 15 is 0 Å². The number of ether oxygens (including phenoxy) is 3. The van der Waals surface area contributed by atoms with Crippen LogP contribution in [0.3, 0.4) is 0 Å². The predicted molar refractivity (Wildman–Crippen MR) is 151 cm³/mol. The second-order valence-corrected chi connectivity index (χ2v) is 10.8. The Morgan fingerprint density at radius 3 is 2.55 bits per heavy atom. The van der Waals surface area contributed by atoms with E-state index in [1.807, 2.05) is 16.8 Å². The Kier molecular flexibility index (Phi) is 7.79. The summed E-state index contributed by atoms with van der Waals surface area (Å²) in [5.74, 6) is 2.43. The van der Waals surface area contributed by atoms with Crippen LogP contribution in [-0.4, -0.2) is 70.1 Å². The minimum atomic E-state index is -0.393. The lowest BCUT2D eigenvalue weighted by Gasteiger charge is -2.37.